The fourth-order valence-electron chi connectivity index (χ4n) is 2.62. The van der Waals surface area contributed by atoms with Gasteiger partial charge in [-0.1, -0.05) is 35.5 Å². The largest absolute Gasteiger partial charge is 0.495 e. The number of amides is 1. The molecule has 0 radical (unpaired) electrons. The number of pyridine rings is 1. The van der Waals surface area contributed by atoms with Gasteiger partial charge in [0.1, 0.15) is 11.4 Å². The van der Waals surface area contributed by atoms with Gasteiger partial charge in [0.2, 0.25) is 5.91 Å². The summed E-state index contributed by atoms with van der Waals surface area (Å²) >= 11 is 7.40. The van der Waals surface area contributed by atoms with Crippen LogP contribution >= 0.6 is 23.4 Å². The number of hydrogen-bond acceptors (Lipinski definition) is 6. The summed E-state index contributed by atoms with van der Waals surface area (Å²) in [5, 5.41) is 12.5. The molecule has 0 saturated carbocycles. The van der Waals surface area contributed by atoms with Crippen molar-refractivity contribution < 1.29 is 9.53 Å². The molecule has 150 valence electrons. The van der Waals surface area contributed by atoms with Crippen molar-refractivity contribution in [3.8, 4) is 17.3 Å². The number of methoxy groups -OCH3 is 1. The molecule has 3 aromatic rings. The van der Waals surface area contributed by atoms with Crippen molar-refractivity contribution in [3.63, 3.8) is 0 Å². The maximum Gasteiger partial charge on any atom is 0.234 e. The molecule has 0 saturated heterocycles. The summed E-state index contributed by atoms with van der Waals surface area (Å²) in [6.07, 6.45) is 3.45. The summed E-state index contributed by atoms with van der Waals surface area (Å²) in [4.78, 5) is 16.8. The molecule has 0 spiro atoms. The Labute approximate surface area is 178 Å². The lowest BCUT2D eigenvalue weighted by Gasteiger charge is -2.12. The van der Waals surface area contributed by atoms with E-state index in [1.807, 2.05) is 29.7 Å². The van der Waals surface area contributed by atoms with Crippen molar-refractivity contribution in [1.29, 1.82) is 0 Å². The molecule has 7 nitrogen and oxygen atoms in total. The molecule has 0 aliphatic carbocycles. The average molecular weight is 430 g/mol. The minimum absolute atomic E-state index is 0.155. The quantitative estimate of drug-likeness (QED) is 0.426. The van der Waals surface area contributed by atoms with Crippen molar-refractivity contribution in [1.82, 2.24) is 19.7 Å². The van der Waals surface area contributed by atoms with Gasteiger partial charge in [0.05, 0.1) is 18.6 Å². The van der Waals surface area contributed by atoms with E-state index in [0.29, 0.717) is 39.7 Å². The molecule has 2 aromatic heterocycles. The SMILES string of the molecule is C=CCn1c(SCC(=O)Nc2cc(C)c(Cl)cc2OC)nnc1-c1ccccn1. The van der Waals surface area contributed by atoms with Crippen molar-refractivity contribution in [3.05, 3.63) is 59.8 Å². The predicted octanol–water partition coefficient (Wildman–Crippen LogP) is 4.23. The molecule has 0 aliphatic heterocycles. The lowest BCUT2D eigenvalue weighted by atomic mass is 10.2. The topological polar surface area (TPSA) is 81.9 Å². The van der Waals surface area contributed by atoms with Gasteiger partial charge in [-0.15, -0.1) is 16.8 Å². The lowest BCUT2D eigenvalue weighted by molar-refractivity contribution is -0.113. The van der Waals surface area contributed by atoms with Crippen LogP contribution in [0, 0.1) is 6.92 Å². The third kappa shape index (κ3) is 4.96. The molecule has 0 aliphatic rings. The highest BCUT2D eigenvalue weighted by Gasteiger charge is 2.16. The van der Waals surface area contributed by atoms with Crippen LogP contribution in [0.4, 0.5) is 5.69 Å². The van der Waals surface area contributed by atoms with Crippen LogP contribution < -0.4 is 10.1 Å². The summed E-state index contributed by atoms with van der Waals surface area (Å²) in [7, 11) is 1.53. The second kappa shape index (κ2) is 9.58. The van der Waals surface area contributed by atoms with E-state index >= 15 is 0 Å². The number of nitrogens with zero attached hydrogens (tertiary/aromatic N) is 4. The smallest absolute Gasteiger partial charge is 0.234 e. The van der Waals surface area contributed by atoms with Crippen LogP contribution in [0.15, 0.2) is 54.3 Å². The molecule has 29 heavy (non-hydrogen) atoms. The van der Waals surface area contributed by atoms with Crippen LogP contribution in [0.5, 0.6) is 5.75 Å². The van der Waals surface area contributed by atoms with E-state index < -0.39 is 0 Å². The highest BCUT2D eigenvalue weighted by atomic mass is 35.5. The maximum atomic E-state index is 12.5. The minimum Gasteiger partial charge on any atom is -0.495 e. The zero-order valence-electron chi connectivity index (χ0n) is 16.1. The minimum atomic E-state index is -0.192. The van der Waals surface area contributed by atoms with Gasteiger partial charge in [-0.3, -0.25) is 14.3 Å². The van der Waals surface area contributed by atoms with Gasteiger partial charge < -0.3 is 10.1 Å². The first-order valence-corrected chi connectivity index (χ1v) is 10.1. The molecule has 0 bridgehead atoms. The summed E-state index contributed by atoms with van der Waals surface area (Å²) < 4.78 is 7.17. The number of nitrogens with one attached hydrogen (secondary N) is 1. The number of carbonyl (C=O) groups excluding carboxylic acids is 1. The molecule has 9 heteroatoms. The number of halogens is 1. The zero-order valence-corrected chi connectivity index (χ0v) is 17.6. The van der Waals surface area contributed by atoms with E-state index in [4.69, 9.17) is 16.3 Å². The van der Waals surface area contributed by atoms with E-state index in [0.717, 1.165) is 5.56 Å². The summed E-state index contributed by atoms with van der Waals surface area (Å²) in [6.45, 7) is 6.16. The number of hydrogen-bond donors (Lipinski definition) is 1. The zero-order chi connectivity index (χ0) is 20.8. The first kappa shape index (κ1) is 20.9. The van der Waals surface area contributed by atoms with Gasteiger partial charge in [0, 0.05) is 23.8 Å². The highest BCUT2D eigenvalue weighted by molar-refractivity contribution is 7.99. The van der Waals surface area contributed by atoms with Crippen molar-refractivity contribution in [2.75, 3.05) is 18.2 Å². The highest BCUT2D eigenvalue weighted by Crippen LogP contribution is 2.31. The predicted molar refractivity (Wildman–Crippen MR) is 116 cm³/mol. The molecule has 0 atom stereocenters. The molecule has 2 heterocycles. The van der Waals surface area contributed by atoms with Crippen LogP contribution in [-0.2, 0) is 11.3 Å². The number of ether oxygens (including phenoxy) is 1. The second-order valence-electron chi connectivity index (χ2n) is 6.06. The fraction of sp³-hybridized carbons (Fsp3) is 0.200. The molecule has 1 N–H and O–H groups in total. The maximum absolute atomic E-state index is 12.5. The van der Waals surface area contributed by atoms with Gasteiger partial charge in [-0.2, -0.15) is 0 Å². The molecule has 3 rings (SSSR count). The van der Waals surface area contributed by atoms with Crippen molar-refractivity contribution >= 4 is 35.0 Å². The van der Waals surface area contributed by atoms with Gasteiger partial charge in [-0.25, -0.2) is 0 Å². The Balaban J connectivity index is 1.73. The molecule has 1 aromatic carbocycles. The Morgan fingerprint density at radius 2 is 2.21 bits per heavy atom. The molecule has 0 fully saturated rings. The fourth-order valence-corrected chi connectivity index (χ4v) is 3.52. The Morgan fingerprint density at radius 1 is 1.38 bits per heavy atom. The first-order chi connectivity index (χ1) is 14.0. The normalized spacial score (nSPS) is 10.6. The van der Waals surface area contributed by atoms with Crippen molar-refractivity contribution in [2.24, 2.45) is 0 Å². The van der Waals surface area contributed by atoms with E-state index in [2.05, 4.69) is 27.1 Å². The summed E-state index contributed by atoms with van der Waals surface area (Å²) in [5.41, 5.74) is 2.13. The number of thioether (sulfide) groups is 1. The number of rotatable bonds is 8. The Kier molecular flexibility index (Phi) is 6.90. The molecule has 0 unspecified atom stereocenters. The van der Waals surface area contributed by atoms with Crippen LogP contribution in [0.2, 0.25) is 5.02 Å². The van der Waals surface area contributed by atoms with Crippen LogP contribution in [0.25, 0.3) is 11.5 Å². The Hall–Kier alpha value is -2.84. The number of aryl methyl sites for hydroxylation is 1. The standard InChI is InChI=1S/C20H20ClN5O2S/c1-4-9-26-19(15-7-5-6-8-22-15)24-25-20(26)29-12-18(27)23-16-10-13(2)14(21)11-17(16)28-3/h4-8,10-11H,1,9,12H2,2-3H3,(H,23,27). The summed E-state index contributed by atoms with van der Waals surface area (Å²) in [6, 6.07) is 9.05. The van der Waals surface area contributed by atoms with Gasteiger partial charge >= 0.3 is 0 Å². The average Bonchev–Trinajstić information content (AvgIpc) is 3.12. The number of anilines is 1. The monoisotopic (exact) mass is 429 g/mol. The van der Waals surface area contributed by atoms with E-state index in [1.54, 1.807) is 24.4 Å². The van der Waals surface area contributed by atoms with E-state index in [1.165, 1.54) is 18.9 Å². The number of aromatic nitrogens is 4. The molecule has 1 amide bonds. The van der Waals surface area contributed by atoms with Crippen LogP contribution in [-0.4, -0.2) is 38.5 Å². The van der Waals surface area contributed by atoms with Gasteiger partial charge in [-0.05, 0) is 30.7 Å². The van der Waals surface area contributed by atoms with Gasteiger partial charge in [0.25, 0.3) is 0 Å². The third-order valence-electron chi connectivity index (χ3n) is 4.01. The summed E-state index contributed by atoms with van der Waals surface area (Å²) in [5.74, 6) is 1.10. The van der Waals surface area contributed by atoms with Gasteiger partial charge in [0.15, 0.2) is 11.0 Å². The Bertz CT molecular complexity index is 1020. The van der Waals surface area contributed by atoms with Crippen LogP contribution in [0.3, 0.4) is 0 Å². The van der Waals surface area contributed by atoms with E-state index in [9.17, 15) is 4.79 Å². The Morgan fingerprint density at radius 3 is 2.90 bits per heavy atom. The lowest BCUT2D eigenvalue weighted by Crippen LogP contribution is -2.15. The van der Waals surface area contributed by atoms with Crippen LogP contribution in [0.1, 0.15) is 5.56 Å². The number of carbonyl (C=O) groups is 1. The molecular weight excluding hydrogens is 410 g/mol. The number of benzene rings is 1. The first-order valence-electron chi connectivity index (χ1n) is 8.75. The van der Waals surface area contributed by atoms with E-state index in [-0.39, 0.29) is 11.7 Å². The molecular formula is C20H20ClN5O2S. The number of allylic oxidation sites excluding steroid dienone is 1. The van der Waals surface area contributed by atoms with Crippen molar-refractivity contribution in [2.45, 2.75) is 18.6 Å². The third-order valence-corrected chi connectivity index (χ3v) is 5.38. The second-order valence-corrected chi connectivity index (χ2v) is 7.41.